The number of nitrogens with zero attached hydrogens (tertiary/aromatic N) is 3. The van der Waals surface area contributed by atoms with Crippen LogP contribution >= 0.6 is 11.3 Å². The van der Waals surface area contributed by atoms with Gasteiger partial charge in [0.25, 0.3) is 17.7 Å². The molecule has 0 fully saturated rings. The van der Waals surface area contributed by atoms with Crippen molar-refractivity contribution in [1.82, 2.24) is 15.1 Å². The van der Waals surface area contributed by atoms with Crippen molar-refractivity contribution in [2.24, 2.45) is 0 Å². The van der Waals surface area contributed by atoms with Gasteiger partial charge in [0.2, 0.25) is 5.13 Å². The Labute approximate surface area is 160 Å². The number of rotatable bonds is 4. The summed E-state index contributed by atoms with van der Waals surface area (Å²) in [6.07, 6.45) is 0. The van der Waals surface area contributed by atoms with Crippen molar-refractivity contribution in [1.29, 1.82) is 0 Å². The van der Waals surface area contributed by atoms with Crippen molar-refractivity contribution in [2.45, 2.75) is 6.54 Å². The molecule has 0 aliphatic carbocycles. The van der Waals surface area contributed by atoms with E-state index < -0.39 is 29.4 Å². The predicted molar refractivity (Wildman–Crippen MR) is 94.9 cm³/mol. The Morgan fingerprint density at radius 3 is 2.32 bits per heavy atom. The number of carbonyl (C=O) groups excluding carboxylic acids is 3. The van der Waals surface area contributed by atoms with E-state index in [-0.39, 0.29) is 17.2 Å². The molecule has 1 aliphatic rings. The van der Waals surface area contributed by atoms with Crippen LogP contribution in [0.2, 0.25) is 0 Å². The second-order valence-corrected chi connectivity index (χ2v) is 6.89. The molecule has 3 amide bonds. The average Bonchev–Trinajstić information content (AvgIpc) is 3.22. The number of carbonyl (C=O) groups is 3. The zero-order valence-corrected chi connectivity index (χ0v) is 14.8. The summed E-state index contributed by atoms with van der Waals surface area (Å²) in [6.45, 7) is -0.0922. The van der Waals surface area contributed by atoms with Gasteiger partial charge in [-0.1, -0.05) is 23.5 Å². The zero-order chi connectivity index (χ0) is 19.8. The van der Waals surface area contributed by atoms with Crippen LogP contribution in [0.5, 0.6) is 0 Å². The minimum Gasteiger partial charge on any atom is -0.296 e. The Hall–Kier alpha value is -3.53. The van der Waals surface area contributed by atoms with Gasteiger partial charge in [0.05, 0.1) is 17.7 Å². The first-order valence-electron chi connectivity index (χ1n) is 7.98. The Morgan fingerprint density at radius 2 is 1.68 bits per heavy atom. The number of imide groups is 1. The second-order valence-electron chi connectivity index (χ2n) is 5.83. The van der Waals surface area contributed by atoms with Gasteiger partial charge >= 0.3 is 0 Å². The Kier molecular flexibility index (Phi) is 4.40. The molecule has 0 spiro atoms. The van der Waals surface area contributed by atoms with Gasteiger partial charge in [-0.25, -0.2) is 8.78 Å². The lowest BCUT2D eigenvalue weighted by molar-refractivity contribution is 0.0641. The van der Waals surface area contributed by atoms with E-state index in [0.717, 1.165) is 34.4 Å². The molecule has 4 rings (SSSR count). The monoisotopic (exact) mass is 400 g/mol. The van der Waals surface area contributed by atoms with E-state index in [9.17, 15) is 23.2 Å². The van der Waals surface area contributed by atoms with E-state index in [1.165, 1.54) is 0 Å². The van der Waals surface area contributed by atoms with Gasteiger partial charge in [0.15, 0.2) is 11.6 Å². The average molecular weight is 400 g/mol. The maximum atomic E-state index is 13.2. The lowest BCUT2D eigenvalue weighted by atomic mass is 10.1. The molecular formula is C18H10F2N4O3S. The summed E-state index contributed by atoms with van der Waals surface area (Å²) < 4.78 is 26.2. The molecule has 0 bridgehead atoms. The molecule has 2 aromatic carbocycles. The quantitative estimate of drug-likeness (QED) is 0.680. The molecule has 2 heterocycles. The minimum absolute atomic E-state index is 0.0870. The predicted octanol–water partition coefficient (Wildman–Crippen LogP) is 2.86. The van der Waals surface area contributed by atoms with Crippen LogP contribution in [0.15, 0.2) is 42.5 Å². The van der Waals surface area contributed by atoms with Crippen LogP contribution in [0, 0.1) is 11.6 Å². The molecule has 1 N–H and O–H groups in total. The summed E-state index contributed by atoms with van der Waals surface area (Å²) in [5.41, 5.74) is 0.559. The van der Waals surface area contributed by atoms with Crippen LogP contribution in [0.1, 0.15) is 36.1 Å². The number of benzene rings is 2. The van der Waals surface area contributed by atoms with Crippen LogP contribution in [-0.4, -0.2) is 32.8 Å². The van der Waals surface area contributed by atoms with Crippen molar-refractivity contribution in [3.05, 3.63) is 75.8 Å². The number of nitrogens with one attached hydrogen (secondary N) is 1. The van der Waals surface area contributed by atoms with Crippen LogP contribution in [0.3, 0.4) is 0 Å². The molecular weight excluding hydrogens is 390 g/mol. The first-order valence-corrected chi connectivity index (χ1v) is 8.79. The van der Waals surface area contributed by atoms with Crippen LogP contribution in [0.4, 0.5) is 13.9 Å². The lowest BCUT2D eigenvalue weighted by Gasteiger charge is -2.10. The van der Waals surface area contributed by atoms with Crippen LogP contribution in [0.25, 0.3) is 0 Å². The number of halogens is 2. The number of anilines is 1. The molecule has 28 heavy (non-hydrogen) atoms. The van der Waals surface area contributed by atoms with Crippen molar-refractivity contribution < 1.29 is 23.2 Å². The van der Waals surface area contributed by atoms with Crippen molar-refractivity contribution >= 4 is 34.2 Å². The molecule has 0 atom stereocenters. The maximum absolute atomic E-state index is 13.2. The fourth-order valence-electron chi connectivity index (χ4n) is 2.69. The summed E-state index contributed by atoms with van der Waals surface area (Å²) >= 11 is 0.965. The third-order valence-corrected chi connectivity index (χ3v) is 4.86. The Bertz CT molecular complexity index is 1100. The first kappa shape index (κ1) is 17.9. The maximum Gasteiger partial charge on any atom is 0.261 e. The van der Waals surface area contributed by atoms with Crippen molar-refractivity contribution in [3.8, 4) is 0 Å². The molecule has 140 valence electrons. The summed E-state index contributed by atoms with van der Waals surface area (Å²) in [6, 6.07) is 9.24. The number of hydrogen-bond acceptors (Lipinski definition) is 6. The molecule has 1 aromatic heterocycles. The van der Waals surface area contributed by atoms with Gasteiger partial charge in [-0.05, 0) is 30.3 Å². The highest BCUT2D eigenvalue weighted by atomic mass is 32.1. The third-order valence-electron chi connectivity index (χ3n) is 4.04. The van der Waals surface area contributed by atoms with Crippen molar-refractivity contribution in [3.63, 3.8) is 0 Å². The number of hydrogen-bond donors (Lipinski definition) is 1. The van der Waals surface area contributed by atoms with Gasteiger partial charge < -0.3 is 0 Å². The summed E-state index contributed by atoms with van der Waals surface area (Å²) in [7, 11) is 0. The van der Waals surface area contributed by atoms with Crippen LogP contribution < -0.4 is 5.32 Å². The highest BCUT2D eigenvalue weighted by Crippen LogP contribution is 2.26. The zero-order valence-electron chi connectivity index (χ0n) is 14.0. The second kappa shape index (κ2) is 6.89. The van der Waals surface area contributed by atoms with Gasteiger partial charge in [0, 0.05) is 5.56 Å². The smallest absolute Gasteiger partial charge is 0.261 e. The molecule has 7 nitrogen and oxygen atoms in total. The summed E-state index contributed by atoms with van der Waals surface area (Å²) in [4.78, 5) is 37.9. The molecule has 0 unspecified atom stereocenters. The summed E-state index contributed by atoms with van der Waals surface area (Å²) in [5.74, 6) is -3.75. The largest absolute Gasteiger partial charge is 0.296 e. The molecule has 0 saturated carbocycles. The number of amides is 3. The van der Waals surface area contributed by atoms with E-state index in [4.69, 9.17) is 0 Å². The van der Waals surface area contributed by atoms with E-state index in [0.29, 0.717) is 16.1 Å². The highest BCUT2D eigenvalue weighted by Gasteiger charge is 2.35. The minimum atomic E-state index is -1.14. The van der Waals surface area contributed by atoms with Gasteiger partial charge in [-0.3, -0.25) is 24.6 Å². The topological polar surface area (TPSA) is 92.3 Å². The summed E-state index contributed by atoms with van der Waals surface area (Å²) in [5, 5.41) is 10.5. The molecule has 0 radical (unpaired) electrons. The molecule has 10 heteroatoms. The molecule has 0 saturated heterocycles. The van der Waals surface area contributed by atoms with Gasteiger partial charge in [-0.15, -0.1) is 10.2 Å². The number of aromatic nitrogens is 2. The van der Waals surface area contributed by atoms with E-state index in [1.807, 2.05) is 0 Å². The fraction of sp³-hybridized carbons (Fsp3) is 0.0556. The Morgan fingerprint density at radius 1 is 1.00 bits per heavy atom. The number of fused-ring (bicyclic) bond motifs is 1. The third kappa shape index (κ3) is 3.14. The van der Waals surface area contributed by atoms with Crippen LogP contribution in [-0.2, 0) is 6.54 Å². The SMILES string of the molecule is O=C(Nc1nnc(CN2C(=O)c3ccccc3C2=O)s1)c1ccc(F)c(F)c1. The normalized spacial score (nSPS) is 13.0. The first-order chi connectivity index (χ1) is 13.4. The Balaban J connectivity index is 1.47. The van der Waals surface area contributed by atoms with E-state index >= 15 is 0 Å². The van der Waals surface area contributed by atoms with Crippen molar-refractivity contribution in [2.75, 3.05) is 5.32 Å². The van der Waals surface area contributed by atoms with Gasteiger partial charge in [0.1, 0.15) is 5.01 Å². The fourth-order valence-corrected chi connectivity index (χ4v) is 3.42. The van der Waals surface area contributed by atoms with E-state index in [2.05, 4.69) is 15.5 Å². The molecule has 3 aromatic rings. The standard InChI is InChI=1S/C18H10F2N4O3S/c19-12-6-5-9(7-13(12)20)15(25)21-18-23-22-14(28-18)8-24-16(26)10-3-1-2-4-11(10)17(24)27/h1-7H,8H2,(H,21,23,25). The van der Waals surface area contributed by atoms with Gasteiger partial charge in [-0.2, -0.15) is 0 Å². The highest BCUT2D eigenvalue weighted by molar-refractivity contribution is 7.15. The van der Waals surface area contributed by atoms with E-state index in [1.54, 1.807) is 24.3 Å². The lowest BCUT2D eigenvalue weighted by Crippen LogP contribution is -2.29. The molecule has 1 aliphatic heterocycles.